The molecule has 0 aliphatic rings. The third-order valence-electron chi connectivity index (χ3n) is 3.58. The SMILES string of the molecule is CC(Nc1nc(C(F)(F)F)nc2c(F)cccc12)c1ccccc1. The molecule has 0 amide bonds. The molecule has 1 N–H and O–H groups in total. The van der Waals surface area contributed by atoms with Gasteiger partial charge >= 0.3 is 6.18 Å². The van der Waals surface area contributed by atoms with Crippen LogP contribution >= 0.6 is 0 Å². The first-order valence-corrected chi connectivity index (χ1v) is 7.21. The van der Waals surface area contributed by atoms with Gasteiger partial charge in [-0.15, -0.1) is 0 Å². The van der Waals surface area contributed by atoms with E-state index in [1.165, 1.54) is 12.1 Å². The molecule has 124 valence electrons. The van der Waals surface area contributed by atoms with Crippen LogP contribution in [0.2, 0.25) is 0 Å². The summed E-state index contributed by atoms with van der Waals surface area (Å²) in [4.78, 5) is 6.90. The van der Waals surface area contributed by atoms with E-state index in [9.17, 15) is 17.6 Å². The number of hydrogen-bond donors (Lipinski definition) is 1. The van der Waals surface area contributed by atoms with Crippen LogP contribution in [-0.2, 0) is 6.18 Å². The fraction of sp³-hybridized carbons (Fsp3) is 0.176. The third-order valence-corrected chi connectivity index (χ3v) is 3.58. The van der Waals surface area contributed by atoms with Crippen molar-refractivity contribution in [2.24, 2.45) is 0 Å². The van der Waals surface area contributed by atoms with Crippen molar-refractivity contribution >= 4 is 16.7 Å². The summed E-state index contributed by atoms with van der Waals surface area (Å²) in [6.07, 6.45) is -4.76. The number of fused-ring (bicyclic) bond motifs is 1. The van der Waals surface area contributed by atoms with E-state index in [1.54, 1.807) is 6.92 Å². The van der Waals surface area contributed by atoms with E-state index in [4.69, 9.17) is 0 Å². The second kappa shape index (κ2) is 6.07. The number of alkyl halides is 3. The normalized spacial score (nSPS) is 13.0. The van der Waals surface area contributed by atoms with Gasteiger partial charge in [0, 0.05) is 11.4 Å². The molecule has 3 nitrogen and oxygen atoms in total. The largest absolute Gasteiger partial charge is 0.451 e. The Balaban J connectivity index is 2.10. The van der Waals surface area contributed by atoms with Crippen LogP contribution in [-0.4, -0.2) is 9.97 Å². The first-order chi connectivity index (χ1) is 11.4. The zero-order valence-electron chi connectivity index (χ0n) is 12.6. The fourth-order valence-corrected chi connectivity index (χ4v) is 2.38. The number of anilines is 1. The van der Waals surface area contributed by atoms with Crippen molar-refractivity contribution in [3.05, 3.63) is 65.7 Å². The molecule has 0 aliphatic heterocycles. The van der Waals surface area contributed by atoms with Crippen LogP contribution in [0, 0.1) is 5.82 Å². The van der Waals surface area contributed by atoms with Crippen molar-refractivity contribution in [3.8, 4) is 0 Å². The Morgan fingerprint density at radius 3 is 2.33 bits per heavy atom. The molecule has 2 aromatic carbocycles. The lowest BCUT2D eigenvalue weighted by atomic mass is 10.1. The summed E-state index contributed by atoms with van der Waals surface area (Å²) in [7, 11) is 0. The Hall–Kier alpha value is -2.70. The molecule has 24 heavy (non-hydrogen) atoms. The summed E-state index contributed by atoms with van der Waals surface area (Å²) in [6, 6.07) is 12.8. The molecule has 1 unspecified atom stereocenters. The highest BCUT2D eigenvalue weighted by Crippen LogP contribution is 2.32. The van der Waals surface area contributed by atoms with E-state index in [1.807, 2.05) is 30.3 Å². The van der Waals surface area contributed by atoms with Crippen molar-refractivity contribution in [1.29, 1.82) is 0 Å². The second-order valence-electron chi connectivity index (χ2n) is 5.31. The molecule has 0 aliphatic carbocycles. The number of aromatic nitrogens is 2. The van der Waals surface area contributed by atoms with Gasteiger partial charge in [0.15, 0.2) is 0 Å². The monoisotopic (exact) mass is 335 g/mol. The molecule has 0 spiro atoms. The number of halogens is 4. The van der Waals surface area contributed by atoms with Crippen molar-refractivity contribution in [1.82, 2.24) is 9.97 Å². The van der Waals surface area contributed by atoms with Crippen molar-refractivity contribution in [3.63, 3.8) is 0 Å². The molecule has 3 aromatic rings. The molecule has 1 atom stereocenters. The minimum absolute atomic E-state index is 0.0526. The third kappa shape index (κ3) is 3.15. The first kappa shape index (κ1) is 16.2. The number of hydrogen-bond acceptors (Lipinski definition) is 3. The number of para-hydroxylation sites is 1. The molecule has 7 heteroatoms. The van der Waals surface area contributed by atoms with E-state index >= 15 is 0 Å². The van der Waals surface area contributed by atoms with Gasteiger partial charge in [0.05, 0.1) is 0 Å². The highest BCUT2D eigenvalue weighted by Gasteiger charge is 2.36. The summed E-state index contributed by atoms with van der Waals surface area (Å²) in [6.45, 7) is 1.79. The smallest absolute Gasteiger partial charge is 0.363 e. The number of benzene rings is 2. The van der Waals surface area contributed by atoms with Crippen LogP contribution in [0.3, 0.4) is 0 Å². The predicted octanol–water partition coefficient (Wildman–Crippen LogP) is 4.96. The standard InChI is InChI=1S/C17H13F4N3/c1-10(11-6-3-2-4-7-11)22-15-12-8-5-9-13(18)14(12)23-16(24-15)17(19,20)21/h2-10H,1H3,(H,22,23,24). The highest BCUT2D eigenvalue weighted by atomic mass is 19.4. The lowest BCUT2D eigenvalue weighted by Gasteiger charge is -2.17. The molecule has 1 aromatic heterocycles. The van der Waals surface area contributed by atoms with Crippen molar-refractivity contribution in [2.75, 3.05) is 5.32 Å². The quantitative estimate of drug-likeness (QED) is 0.688. The van der Waals surface area contributed by atoms with Crippen LogP contribution in [0.15, 0.2) is 48.5 Å². The first-order valence-electron chi connectivity index (χ1n) is 7.21. The lowest BCUT2D eigenvalue weighted by Crippen LogP contribution is -2.15. The number of nitrogens with zero attached hydrogens (tertiary/aromatic N) is 2. The number of rotatable bonds is 3. The zero-order valence-corrected chi connectivity index (χ0v) is 12.6. The minimum Gasteiger partial charge on any atom is -0.363 e. The van der Waals surface area contributed by atoms with Gasteiger partial charge in [-0.3, -0.25) is 0 Å². The molecule has 0 bridgehead atoms. The summed E-state index contributed by atoms with van der Waals surface area (Å²) in [5, 5.41) is 3.12. The molecule has 3 rings (SSSR count). The summed E-state index contributed by atoms with van der Waals surface area (Å²) < 4.78 is 52.9. The number of nitrogens with one attached hydrogen (secondary N) is 1. The topological polar surface area (TPSA) is 37.8 Å². The van der Waals surface area contributed by atoms with Crippen LogP contribution in [0.1, 0.15) is 24.4 Å². The molecular formula is C17H13F4N3. The Bertz CT molecular complexity index is 863. The van der Waals surface area contributed by atoms with Gasteiger partial charge in [0.1, 0.15) is 17.2 Å². The van der Waals surface area contributed by atoms with E-state index in [2.05, 4.69) is 15.3 Å². The minimum atomic E-state index is -4.76. The molecule has 1 heterocycles. The van der Waals surface area contributed by atoms with Gasteiger partial charge in [-0.25, -0.2) is 14.4 Å². The maximum Gasteiger partial charge on any atom is 0.451 e. The maximum atomic E-state index is 13.9. The highest BCUT2D eigenvalue weighted by molar-refractivity contribution is 5.89. The van der Waals surface area contributed by atoms with Crippen LogP contribution < -0.4 is 5.32 Å². The van der Waals surface area contributed by atoms with E-state index < -0.39 is 17.8 Å². The summed E-state index contributed by atoms with van der Waals surface area (Å²) in [5.41, 5.74) is 0.511. The van der Waals surface area contributed by atoms with Crippen molar-refractivity contribution < 1.29 is 17.6 Å². The van der Waals surface area contributed by atoms with Gasteiger partial charge in [0.25, 0.3) is 0 Å². The molecular weight excluding hydrogens is 322 g/mol. The van der Waals surface area contributed by atoms with Gasteiger partial charge in [-0.2, -0.15) is 13.2 Å². The molecule has 0 saturated heterocycles. The van der Waals surface area contributed by atoms with Crippen LogP contribution in [0.25, 0.3) is 10.9 Å². The summed E-state index contributed by atoms with van der Waals surface area (Å²) in [5.74, 6) is -2.25. The fourth-order valence-electron chi connectivity index (χ4n) is 2.38. The average molecular weight is 335 g/mol. The zero-order chi connectivity index (χ0) is 17.3. The van der Waals surface area contributed by atoms with Gasteiger partial charge in [-0.1, -0.05) is 36.4 Å². The van der Waals surface area contributed by atoms with Crippen molar-refractivity contribution in [2.45, 2.75) is 19.1 Å². The molecule has 0 radical (unpaired) electrons. The Kier molecular flexibility index (Phi) is 4.09. The van der Waals surface area contributed by atoms with E-state index in [0.29, 0.717) is 0 Å². The van der Waals surface area contributed by atoms with E-state index in [-0.39, 0.29) is 22.8 Å². The lowest BCUT2D eigenvalue weighted by molar-refractivity contribution is -0.144. The molecule has 0 saturated carbocycles. The van der Waals surface area contributed by atoms with Gasteiger partial charge in [0.2, 0.25) is 5.82 Å². The average Bonchev–Trinajstić information content (AvgIpc) is 2.55. The van der Waals surface area contributed by atoms with E-state index in [0.717, 1.165) is 11.6 Å². The predicted molar refractivity (Wildman–Crippen MR) is 83.0 cm³/mol. The maximum absolute atomic E-state index is 13.9. The molecule has 0 fully saturated rings. The Labute approximate surface area is 135 Å². The second-order valence-corrected chi connectivity index (χ2v) is 5.31. The van der Waals surface area contributed by atoms with Crippen LogP contribution in [0.5, 0.6) is 0 Å². The summed E-state index contributed by atoms with van der Waals surface area (Å²) >= 11 is 0. The van der Waals surface area contributed by atoms with Crippen LogP contribution in [0.4, 0.5) is 23.4 Å². The Morgan fingerprint density at radius 2 is 1.67 bits per heavy atom. The Morgan fingerprint density at radius 1 is 0.958 bits per heavy atom. The van der Waals surface area contributed by atoms with Gasteiger partial charge in [-0.05, 0) is 24.6 Å². The van der Waals surface area contributed by atoms with Gasteiger partial charge < -0.3 is 5.32 Å².